The van der Waals surface area contributed by atoms with Crippen molar-refractivity contribution in [3.63, 3.8) is 0 Å². The summed E-state index contributed by atoms with van der Waals surface area (Å²) in [6.07, 6.45) is 4.14. The van der Waals surface area contributed by atoms with Crippen molar-refractivity contribution in [1.82, 2.24) is 9.46 Å². The molecule has 0 aliphatic heterocycles. The third-order valence-corrected chi connectivity index (χ3v) is 6.18. The summed E-state index contributed by atoms with van der Waals surface area (Å²) in [5.41, 5.74) is 0.438. The van der Waals surface area contributed by atoms with Crippen molar-refractivity contribution in [2.45, 2.75) is 57.4 Å². The van der Waals surface area contributed by atoms with Gasteiger partial charge in [-0.25, -0.2) is 8.42 Å². The van der Waals surface area contributed by atoms with Crippen molar-refractivity contribution in [3.8, 4) is 0 Å². The van der Waals surface area contributed by atoms with Gasteiger partial charge in [-0.1, -0.05) is 24.9 Å². The molecule has 1 aliphatic carbocycles. The van der Waals surface area contributed by atoms with Crippen LogP contribution in [0.2, 0.25) is 0 Å². The number of rotatable bonds is 3. The Morgan fingerprint density at radius 3 is 2.53 bits per heavy atom. The van der Waals surface area contributed by atoms with Crippen molar-refractivity contribution < 1.29 is 12.9 Å². The van der Waals surface area contributed by atoms with Crippen LogP contribution < -0.4 is 0 Å². The largest absolute Gasteiger partial charge is 0.360 e. The maximum atomic E-state index is 12.7. The second-order valence-corrected chi connectivity index (χ2v) is 7.53. The molecule has 0 unspecified atom stereocenters. The van der Waals surface area contributed by atoms with Crippen LogP contribution in [0.4, 0.5) is 0 Å². The molecule has 6 heteroatoms. The minimum absolute atomic E-state index is 0.0856. The summed E-state index contributed by atoms with van der Waals surface area (Å²) in [6.45, 7) is 5.49. The third kappa shape index (κ3) is 2.69. The van der Waals surface area contributed by atoms with Gasteiger partial charge < -0.3 is 4.52 Å². The van der Waals surface area contributed by atoms with Crippen LogP contribution in [0.3, 0.4) is 0 Å². The van der Waals surface area contributed by atoms with Crippen LogP contribution in [0, 0.1) is 19.8 Å². The number of hydrogen-bond donors (Lipinski definition) is 0. The smallest absolute Gasteiger partial charge is 0.248 e. The SMILES string of the molecule is Cc1noc(C)c1S(=O)(=O)N(C)[C@@H]1CCC[C@H](C)C1. The van der Waals surface area contributed by atoms with E-state index in [4.69, 9.17) is 4.52 Å². The van der Waals surface area contributed by atoms with E-state index in [1.807, 2.05) is 0 Å². The summed E-state index contributed by atoms with van der Waals surface area (Å²) >= 11 is 0. The quantitative estimate of drug-likeness (QED) is 0.856. The number of hydrogen-bond acceptors (Lipinski definition) is 4. The van der Waals surface area contributed by atoms with E-state index in [1.165, 1.54) is 10.7 Å². The Labute approximate surface area is 115 Å². The average molecular weight is 286 g/mol. The fourth-order valence-electron chi connectivity index (χ4n) is 2.92. The first-order valence-electron chi connectivity index (χ1n) is 6.75. The second-order valence-electron chi connectivity index (χ2n) is 5.60. The molecule has 0 amide bonds. The van der Waals surface area contributed by atoms with E-state index in [-0.39, 0.29) is 10.9 Å². The van der Waals surface area contributed by atoms with E-state index in [9.17, 15) is 8.42 Å². The number of aryl methyl sites for hydroxylation is 2. The minimum atomic E-state index is -3.50. The summed E-state index contributed by atoms with van der Waals surface area (Å²) < 4.78 is 31.8. The van der Waals surface area contributed by atoms with Crippen LogP contribution in [0.25, 0.3) is 0 Å². The summed E-state index contributed by atoms with van der Waals surface area (Å²) in [5.74, 6) is 0.953. The standard InChI is InChI=1S/C13H22N2O3S/c1-9-6-5-7-12(8-9)15(4)19(16,17)13-10(2)14-18-11(13)3/h9,12H,5-8H2,1-4H3/t9-,12+/m0/s1. The lowest BCUT2D eigenvalue weighted by Crippen LogP contribution is -2.40. The predicted molar refractivity (Wildman–Crippen MR) is 72.3 cm³/mol. The summed E-state index contributed by atoms with van der Waals surface area (Å²) in [7, 11) is -1.83. The van der Waals surface area contributed by atoms with Gasteiger partial charge in [-0.2, -0.15) is 4.31 Å². The van der Waals surface area contributed by atoms with Gasteiger partial charge in [0.2, 0.25) is 10.0 Å². The normalized spacial score (nSPS) is 24.9. The Morgan fingerprint density at radius 2 is 2.00 bits per heavy atom. The van der Waals surface area contributed by atoms with Crippen molar-refractivity contribution >= 4 is 10.0 Å². The molecule has 5 nitrogen and oxygen atoms in total. The van der Waals surface area contributed by atoms with Gasteiger partial charge in [0.25, 0.3) is 0 Å². The van der Waals surface area contributed by atoms with Crippen LogP contribution in [-0.4, -0.2) is 31.0 Å². The van der Waals surface area contributed by atoms with E-state index < -0.39 is 10.0 Å². The Balaban J connectivity index is 2.29. The molecule has 0 spiro atoms. The Bertz CT molecular complexity index is 531. The van der Waals surface area contributed by atoms with Crippen LogP contribution in [0.15, 0.2) is 9.42 Å². The van der Waals surface area contributed by atoms with Gasteiger partial charge in [-0.15, -0.1) is 0 Å². The highest BCUT2D eigenvalue weighted by atomic mass is 32.2. The van der Waals surface area contributed by atoms with E-state index in [1.54, 1.807) is 20.9 Å². The zero-order chi connectivity index (χ0) is 14.2. The predicted octanol–water partition coefficient (Wildman–Crippen LogP) is 2.49. The Morgan fingerprint density at radius 1 is 1.32 bits per heavy atom. The van der Waals surface area contributed by atoms with E-state index in [0.29, 0.717) is 17.4 Å². The molecule has 1 saturated carbocycles. The molecule has 0 aromatic carbocycles. The fourth-order valence-corrected chi connectivity index (χ4v) is 4.60. The highest BCUT2D eigenvalue weighted by Crippen LogP contribution is 2.31. The fraction of sp³-hybridized carbons (Fsp3) is 0.769. The van der Waals surface area contributed by atoms with E-state index in [2.05, 4.69) is 12.1 Å². The molecule has 0 radical (unpaired) electrons. The molecule has 1 heterocycles. The molecule has 108 valence electrons. The second kappa shape index (κ2) is 5.25. The monoisotopic (exact) mass is 286 g/mol. The first kappa shape index (κ1) is 14.5. The average Bonchev–Trinajstić information content (AvgIpc) is 2.68. The van der Waals surface area contributed by atoms with Crippen LogP contribution >= 0.6 is 0 Å². The van der Waals surface area contributed by atoms with Gasteiger partial charge in [-0.3, -0.25) is 0 Å². The summed E-state index contributed by atoms with van der Waals surface area (Å²) in [4.78, 5) is 0.230. The molecule has 1 aliphatic rings. The number of aromatic nitrogens is 1. The van der Waals surface area contributed by atoms with Gasteiger partial charge >= 0.3 is 0 Å². The topological polar surface area (TPSA) is 63.4 Å². The summed E-state index contributed by atoms with van der Waals surface area (Å²) in [5, 5.41) is 3.74. The first-order valence-corrected chi connectivity index (χ1v) is 8.19. The Kier molecular flexibility index (Phi) is 4.01. The highest BCUT2D eigenvalue weighted by molar-refractivity contribution is 7.89. The van der Waals surface area contributed by atoms with Crippen molar-refractivity contribution in [1.29, 1.82) is 0 Å². The molecule has 0 bridgehead atoms. The highest BCUT2D eigenvalue weighted by Gasteiger charge is 2.34. The molecule has 1 fully saturated rings. The maximum Gasteiger partial charge on any atom is 0.248 e. The van der Waals surface area contributed by atoms with Gasteiger partial charge in [-0.05, 0) is 32.6 Å². The first-order chi connectivity index (χ1) is 8.84. The van der Waals surface area contributed by atoms with Gasteiger partial charge in [0.05, 0.1) is 0 Å². The molecule has 2 rings (SSSR count). The molecule has 2 atom stereocenters. The number of sulfonamides is 1. The minimum Gasteiger partial charge on any atom is -0.360 e. The van der Waals surface area contributed by atoms with Gasteiger partial charge in [0.15, 0.2) is 5.76 Å². The molecular weight excluding hydrogens is 264 g/mol. The zero-order valence-electron chi connectivity index (χ0n) is 12.0. The molecule has 0 N–H and O–H groups in total. The Hall–Kier alpha value is -0.880. The zero-order valence-corrected chi connectivity index (χ0v) is 12.8. The van der Waals surface area contributed by atoms with Crippen molar-refractivity contribution in [3.05, 3.63) is 11.5 Å². The van der Waals surface area contributed by atoms with E-state index in [0.717, 1.165) is 19.3 Å². The van der Waals surface area contributed by atoms with Gasteiger partial charge in [0, 0.05) is 13.1 Å². The number of nitrogens with zero attached hydrogens (tertiary/aromatic N) is 2. The van der Waals surface area contributed by atoms with Gasteiger partial charge in [0.1, 0.15) is 10.6 Å². The third-order valence-electron chi connectivity index (χ3n) is 4.03. The lowest BCUT2D eigenvalue weighted by molar-refractivity contribution is 0.239. The van der Waals surface area contributed by atoms with Crippen molar-refractivity contribution in [2.24, 2.45) is 5.92 Å². The molecule has 19 heavy (non-hydrogen) atoms. The van der Waals surface area contributed by atoms with E-state index >= 15 is 0 Å². The molecule has 1 aromatic rings. The molecule has 0 saturated heterocycles. The molecular formula is C13H22N2O3S. The lowest BCUT2D eigenvalue weighted by atomic mass is 9.87. The van der Waals surface area contributed by atoms with Crippen LogP contribution in [0.5, 0.6) is 0 Å². The van der Waals surface area contributed by atoms with Crippen LogP contribution in [0.1, 0.15) is 44.1 Å². The summed E-state index contributed by atoms with van der Waals surface area (Å²) in [6, 6.07) is 0.0856. The lowest BCUT2D eigenvalue weighted by Gasteiger charge is -2.33. The molecule has 1 aromatic heterocycles. The van der Waals surface area contributed by atoms with Crippen LogP contribution in [-0.2, 0) is 10.0 Å². The van der Waals surface area contributed by atoms with Crippen molar-refractivity contribution in [2.75, 3.05) is 7.05 Å². The maximum absolute atomic E-state index is 12.7.